The predicted octanol–water partition coefficient (Wildman–Crippen LogP) is 4.98. The SMILES string of the molecule is CCC(CC)c1ccc(OCc2ccc(C=O)cc2)cc1. The van der Waals surface area contributed by atoms with E-state index >= 15 is 0 Å². The van der Waals surface area contributed by atoms with Gasteiger partial charge in [0.25, 0.3) is 0 Å². The first-order valence-electron chi connectivity index (χ1n) is 7.53. The van der Waals surface area contributed by atoms with Gasteiger partial charge in [-0.1, -0.05) is 50.2 Å². The smallest absolute Gasteiger partial charge is 0.150 e. The number of ether oxygens (including phenoxy) is 1. The Kier molecular flexibility index (Phi) is 5.56. The van der Waals surface area contributed by atoms with Crippen molar-refractivity contribution in [2.24, 2.45) is 0 Å². The van der Waals surface area contributed by atoms with Crippen molar-refractivity contribution in [1.82, 2.24) is 0 Å². The monoisotopic (exact) mass is 282 g/mol. The number of aldehydes is 1. The van der Waals surface area contributed by atoms with E-state index in [1.54, 1.807) is 0 Å². The summed E-state index contributed by atoms with van der Waals surface area (Å²) in [6.07, 6.45) is 3.18. The second-order valence-corrected chi connectivity index (χ2v) is 5.23. The quantitative estimate of drug-likeness (QED) is 0.669. The highest BCUT2D eigenvalue weighted by molar-refractivity contribution is 5.74. The summed E-state index contributed by atoms with van der Waals surface area (Å²) < 4.78 is 5.78. The molecule has 0 aliphatic heterocycles. The largest absolute Gasteiger partial charge is 0.489 e. The molecule has 0 unspecified atom stereocenters. The number of carbonyl (C=O) groups excluding carboxylic acids is 1. The number of rotatable bonds is 7. The number of hydrogen-bond acceptors (Lipinski definition) is 2. The van der Waals surface area contributed by atoms with E-state index in [0.717, 1.165) is 17.6 Å². The molecule has 0 radical (unpaired) electrons. The van der Waals surface area contributed by atoms with Gasteiger partial charge in [-0.15, -0.1) is 0 Å². The molecule has 0 aromatic heterocycles. The molecule has 0 atom stereocenters. The highest BCUT2D eigenvalue weighted by Crippen LogP contribution is 2.25. The fraction of sp³-hybridized carbons (Fsp3) is 0.316. The Balaban J connectivity index is 1.95. The molecule has 0 saturated heterocycles. The molecule has 0 spiro atoms. The van der Waals surface area contributed by atoms with Gasteiger partial charge in [0.2, 0.25) is 0 Å². The van der Waals surface area contributed by atoms with Gasteiger partial charge in [-0.2, -0.15) is 0 Å². The lowest BCUT2D eigenvalue weighted by Gasteiger charge is -2.13. The normalized spacial score (nSPS) is 10.6. The average molecular weight is 282 g/mol. The van der Waals surface area contributed by atoms with Crippen molar-refractivity contribution >= 4 is 6.29 Å². The van der Waals surface area contributed by atoms with E-state index in [0.29, 0.717) is 18.1 Å². The van der Waals surface area contributed by atoms with Crippen LogP contribution in [0.4, 0.5) is 0 Å². The van der Waals surface area contributed by atoms with Crippen molar-refractivity contribution in [2.75, 3.05) is 0 Å². The Morgan fingerprint density at radius 3 is 2.10 bits per heavy atom. The third-order valence-corrected chi connectivity index (χ3v) is 3.86. The highest BCUT2D eigenvalue weighted by Gasteiger charge is 2.06. The number of carbonyl (C=O) groups is 1. The molecule has 2 aromatic rings. The van der Waals surface area contributed by atoms with Crippen LogP contribution in [0.1, 0.15) is 54.1 Å². The number of hydrogen-bond donors (Lipinski definition) is 0. The van der Waals surface area contributed by atoms with Crippen LogP contribution in [0.3, 0.4) is 0 Å². The summed E-state index contributed by atoms with van der Waals surface area (Å²) in [6, 6.07) is 15.8. The van der Waals surface area contributed by atoms with E-state index in [1.165, 1.54) is 18.4 Å². The molecule has 2 nitrogen and oxygen atoms in total. The maximum atomic E-state index is 10.6. The lowest BCUT2D eigenvalue weighted by atomic mass is 9.94. The first kappa shape index (κ1) is 15.3. The van der Waals surface area contributed by atoms with Crippen LogP contribution in [0, 0.1) is 0 Å². The van der Waals surface area contributed by atoms with E-state index < -0.39 is 0 Å². The topological polar surface area (TPSA) is 26.3 Å². The molecular weight excluding hydrogens is 260 g/mol. The Bertz CT molecular complexity index is 551. The zero-order chi connectivity index (χ0) is 15.1. The van der Waals surface area contributed by atoms with Crippen LogP contribution in [-0.2, 0) is 6.61 Å². The van der Waals surface area contributed by atoms with Gasteiger partial charge in [0.05, 0.1) is 0 Å². The van der Waals surface area contributed by atoms with Crippen molar-refractivity contribution in [3.05, 3.63) is 65.2 Å². The highest BCUT2D eigenvalue weighted by atomic mass is 16.5. The molecule has 0 aliphatic rings. The van der Waals surface area contributed by atoms with Crippen LogP contribution in [0.25, 0.3) is 0 Å². The molecule has 0 N–H and O–H groups in total. The van der Waals surface area contributed by atoms with Crippen molar-refractivity contribution < 1.29 is 9.53 Å². The van der Waals surface area contributed by atoms with E-state index in [4.69, 9.17) is 4.74 Å². The first-order valence-corrected chi connectivity index (χ1v) is 7.53. The molecule has 21 heavy (non-hydrogen) atoms. The maximum Gasteiger partial charge on any atom is 0.150 e. The van der Waals surface area contributed by atoms with Crippen LogP contribution in [0.15, 0.2) is 48.5 Å². The fourth-order valence-corrected chi connectivity index (χ4v) is 2.46. The second-order valence-electron chi connectivity index (χ2n) is 5.23. The Hall–Kier alpha value is -2.09. The van der Waals surface area contributed by atoms with E-state index in [1.807, 2.05) is 36.4 Å². The minimum Gasteiger partial charge on any atom is -0.489 e. The molecular formula is C19H22O2. The van der Waals surface area contributed by atoms with Crippen molar-refractivity contribution in [2.45, 2.75) is 39.2 Å². The summed E-state index contributed by atoms with van der Waals surface area (Å²) in [6.45, 7) is 4.96. The summed E-state index contributed by atoms with van der Waals surface area (Å²) >= 11 is 0. The van der Waals surface area contributed by atoms with Gasteiger partial charge >= 0.3 is 0 Å². The molecule has 110 valence electrons. The van der Waals surface area contributed by atoms with Crippen LogP contribution < -0.4 is 4.74 Å². The zero-order valence-corrected chi connectivity index (χ0v) is 12.7. The number of benzene rings is 2. The molecule has 0 fully saturated rings. The molecule has 0 amide bonds. The predicted molar refractivity (Wildman–Crippen MR) is 85.9 cm³/mol. The van der Waals surface area contributed by atoms with Crippen molar-refractivity contribution in [3.63, 3.8) is 0 Å². The summed E-state index contributed by atoms with van der Waals surface area (Å²) in [4.78, 5) is 10.6. The summed E-state index contributed by atoms with van der Waals surface area (Å²) in [5.41, 5.74) is 3.13. The molecule has 2 heteroatoms. The van der Waals surface area contributed by atoms with Crippen LogP contribution >= 0.6 is 0 Å². The molecule has 0 saturated carbocycles. The minimum absolute atomic E-state index is 0.517. The zero-order valence-electron chi connectivity index (χ0n) is 12.7. The second kappa shape index (κ2) is 7.63. The molecule has 0 heterocycles. The van der Waals surface area contributed by atoms with E-state index in [9.17, 15) is 4.79 Å². The lowest BCUT2D eigenvalue weighted by Crippen LogP contribution is -1.98. The summed E-state index contributed by atoms with van der Waals surface area (Å²) in [7, 11) is 0. The molecule has 0 bridgehead atoms. The van der Waals surface area contributed by atoms with Gasteiger partial charge in [0, 0.05) is 5.56 Å². The molecule has 0 aliphatic carbocycles. The minimum atomic E-state index is 0.517. The third kappa shape index (κ3) is 4.19. The first-order chi connectivity index (χ1) is 10.3. The Labute approximate surface area is 126 Å². The van der Waals surface area contributed by atoms with E-state index in [2.05, 4.69) is 26.0 Å². The van der Waals surface area contributed by atoms with Crippen LogP contribution in [0.2, 0.25) is 0 Å². The maximum absolute atomic E-state index is 10.6. The Morgan fingerprint density at radius 1 is 0.952 bits per heavy atom. The van der Waals surface area contributed by atoms with Crippen molar-refractivity contribution in [1.29, 1.82) is 0 Å². The standard InChI is InChI=1S/C19H22O2/c1-3-17(4-2)18-9-11-19(12-10-18)21-14-16-7-5-15(13-20)6-8-16/h5-13,17H,3-4,14H2,1-2H3. The van der Waals surface area contributed by atoms with Gasteiger partial charge in [-0.3, -0.25) is 4.79 Å². The lowest BCUT2D eigenvalue weighted by molar-refractivity contribution is 0.112. The van der Waals surface area contributed by atoms with Crippen LogP contribution in [0.5, 0.6) is 5.75 Å². The average Bonchev–Trinajstić information content (AvgIpc) is 2.55. The summed E-state index contributed by atoms with van der Waals surface area (Å²) in [5, 5.41) is 0. The van der Waals surface area contributed by atoms with Gasteiger partial charge in [0.1, 0.15) is 18.6 Å². The third-order valence-electron chi connectivity index (χ3n) is 3.86. The van der Waals surface area contributed by atoms with Gasteiger partial charge in [0.15, 0.2) is 0 Å². The van der Waals surface area contributed by atoms with Gasteiger partial charge < -0.3 is 4.74 Å². The van der Waals surface area contributed by atoms with Gasteiger partial charge in [-0.05, 0) is 42.0 Å². The summed E-state index contributed by atoms with van der Waals surface area (Å²) in [5.74, 6) is 1.51. The van der Waals surface area contributed by atoms with E-state index in [-0.39, 0.29) is 0 Å². The van der Waals surface area contributed by atoms with Crippen molar-refractivity contribution in [3.8, 4) is 5.75 Å². The van der Waals surface area contributed by atoms with Crippen LogP contribution in [-0.4, -0.2) is 6.29 Å². The molecule has 2 rings (SSSR count). The molecule has 2 aromatic carbocycles. The van der Waals surface area contributed by atoms with Gasteiger partial charge in [-0.25, -0.2) is 0 Å². The Morgan fingerprint density at radius 2 is 1.57 bits per heavy atom. The fourth-order valence-electron chi connectivity index (χ4n) is 2.46.